The summed E-state index contributed by atoms with van der Waals surface area (Å²) in [4.78, 5) is 25.2. The molecule has 0 saturated carbocycles. The van der Waals surface area contributed by atoms with Crippen molar-refractivity contribution < 1.29 is 36.7 Å². The standard InChI is InChI=1S/C22H28FN2O9P/c1-3-29-21(30-4-2)15-7-5-6-14(10-15)8-9-31-35(28)32-13-18-17(34-35)11-19(33-18)25-12-16(23)20(26)24-22(25)27/h5-7,10,12,17-19,21H,3-4,8-9,11,13H2,1-2H3,(H,24,26,27)/t17-,18+,19+,35?/m0/s1. The van der Waals surface area contributed by atoms with Crippen LogP contribution < -0.4 is 11.2 Å². The van der Waals surface area contributed by atoms with Gasteiger partial charge < -0.3 is 14.2 Å². The second-order valence-corrected chi connectivity index (χ2v) is 9.59. The summed E-state index contributed by atoms with van der Waals surface area (Å²) in [5, 5.41) is 0. The molecule has 11 nitrogen and oxygen atoms in total. The first-order valence-electron chi connectivity index (χ1n) is 11.4. The van der Waals surface area contributed by atoms with E-state index in [9.17, 15) is 18.5 Å². The minimum atomic E-state index is -3.87. The predicted octanol–water partition coefficient (Wildman–Crippen LogP) is 2.82. The molecular weight excluding hydrogens is 486 g/mol. The number of benzene rings is 1. The van der Waals surface area contributed by atoms with Gasteiger partial charge >= 0.3 is 13.5 Å². The highest BCUT2D eigenvalue weighted by Crippen LogP contribution is 2.56. The molecule has 13 heteroatoms. The first kappa shape index (κ1) is 25.9. The number of phosphoric ester groups is 1. The van der Waals surface area contributed by atoms with Crippen LogP contribution in [0.5, 0.6) is 0 Å². The van der Waals surface area contributed by atoms with Crippen molar-refractivity contribution in [2.75, 3.05) is 26.4 Å². The molecule has 1 unspecified atom stereocenters. The second-order valence-electron chi connectivity index (χ2n) is 7.97. The zero-order valence-electron chi connectivity index (χ0n) is 19.4. The van der Waals surface area contributed by atoms with Gasteiger partial charge in [0.05, 0.1) is 19.4 Å². The van der Waals surface area contributed by atoms with Crippen LogP contribution in [0, 0.1) is 5.82 Å². The quantitative estimate of drug-likeness (QED) is 0.376. The number of hydrogen-bond acceptors (Lipinski definition) is 9. The molecule has 0 radical (unpaired) electrons. The summed E-state index contributed by atoms with van der Waals surface area (Å²) in [6, 6.07) is 7.64. The lowest BCUT2D eigenvalue weighted by atomic mass is 10.1. The van der Waals surface area contributed by atoms with Crippen LogP contribution in [0.2, 0.25) is 0 Å². The molecule has 0 aliphatic carbocycles. The van der Waals surface area contributed by atoms with Crippen LogP contribution in [0.1, 0.15) is 43.9 Å². The van der Waals surface area contributed by atoms with Gasteiger partial charge in [-0.1, -0.05) is 24.3 Å². The Kier molecular flexibility index (Phi) is 8.33. The highest BCUT2D eigenvalue weighted by Gasteiger charge is 2.48. The maximum absolute atomic E-state index is 13.6. The van der Waals surface area contributed by atoms with Crippen LogP contribution in [0.3, 0.4) is 0 Å². The van der Waals surface area contributed by atoms with Crippen molar-refractivity contribution in [3.63, 3.8) is 0 Å². The average Bonchev–Trinajstić information content (AvgIpc) is 3.24. The molecule has 0 bridgehead atoms. The van der Waals surface area contributed by atoms with Crippen LogP contribution in [-0.2, 0) is 38.8 Å². The van der Waals surface area contributed by atoms with E-state index in [1.807, 2.05) is 43.1 Å². The third kappa shape index (κ3) is 6.15. The third-order valence-electron chi connectivity index (χ3n) is 5.58. The van der Waals surface area contributed by atoms with Gasteiger partial charge in [0.1, 0.15) is 18.4 Å². The fraction of sp³-hybridized carbons (Fsp3) is 0.545. The normalized spacial score (nSPS) is 26.2. The monoisotopic (exact) mass is 514 g/mol. The Morgan fingerprint density at radius 2 is 2.00 bits per heavy atom. The van der Waals surface area contributed by atoms with Gasteiger partial charge in [0.15, 0.2) is 6.29 Å². The van der Waals surface area contributed by atoms with E-state index in [0.29, 0.717) is 19.6 Å². The van der Waals surface area contributed by atoms with Gasteiger partial charge in [0.25, 0.3) is 5.56 Å². The summed E-state index contributed by atoms with van der Waals surface area (Å²) in [5.41, 5.74) is -0.138. The van der Waals surface area contributed by atoms with Gasteiger partial charge in [-0.15, -0.1) is 0 Å². The second kappa shape index (κ2) is 11.3. The maximum Gasteiger partial charge on any atom is 0.475 e. The van der Waals surface area contributed by atoms with Crippen LogP contribution in [0.4, 0.5) is 4.39 Å². The van der Waals surface area contributed by atoms with Gasteiger partial charge in [0.2, 0.25) is 5.82 Å². The van der Waals surface area contributed by atoms with Gasteiger partial charge in [0, 0.05) is 25.2 Å². The average molecular weight is 514 g/mol. The number of halogens is 1. The molecule has 2 fully saturated rings. The van der Waals surface area contributed by atoms with E-state index in [4.69, 9.17) is 27.8 Å². The molecule has 0 amide bonds. The van der Waals surface area contributed by atoms with Crippen molar-refractivity contribution in [3.05, 3.63) is 68.2 Å². The number of hydrogen-bond donors (Lipinski definition) is 1. The number of ether oxygens (including phenoxy) is 3. The smallest absolute Gasteiger partial charge is 0.349 e. The van der Waals surface area contributed by atoms with Gasteiger partial charge in [-0.05, 0) is 25.8 Å². The van der Waals surface area contributed by atoms with E-state index >= 15 is 0 Å². The number of aromatic amines is 1. The zero-order chi connectivity index (χ0) is 25.0. The SMILES string of the molecule is CCOC(OCC)c1cccc(CCOP2(=O)OC[C@H]3O[C@@H](n4cc(F)c(=O)[nH]c4=O)C[C@@H]3O2)c1. The minimum absolute atomic E-state index is 0.0704. The molecule has 4 atom stereocenters. The number of nitrogens with one attached hydrogen (secondary N) is 1. The van der Waals surface area contributed by atoms with Crippen LogP contribution >= 0.6 is 7.82 Å². The molecule has 2 aromatic rings. The molecule has 4 rings (SSSR count). The van der Waals surface area contributed by atoms with E-state index < -0.39 is 49.6 Å². The lowest BCUT2D eigenvalue weighted by Gasteiger charge is -2.29. The number of aromatic nitrogens is 2. The molecule has 1 aromatic heterocycles. The summed E-state index contributed by atoms with van der Waals surface area (Å²) in [6.45, 7) is 4.79. The summed E-state index contributed by atoms with van der Waals surface area (Å²) in [7, 11) is -3.87. The number of fused-ring (bicyclic) bond motifs is 1. The van der Waals surface area contributed by atoms with E-state index in [0.717, 1.165) is 21.9 Å². The Morgan fingerprint density at radius 3 is 2.74 bits per heavy atom. The highest BCUT2D eigenvalue weighted by molar-refractivity contribution is 7.48. The van der Waals surface area contributed by atoms with Crippen molar-refractivity contribution in [1.29, 1.82) is 0 Å². The molecule has 1 aromatic carbocycles. The first-order chi connectivity index (χ1) is 16.8. The zero-order valence-corrected chi connectivity index (χ0v) is 20.3. The highest BCUT2D eigenvalue weighted by atomic mass is 31.2. The topological polar surface area (TPSA) is 127 Å². The van der Waals surface area contributed by atoms with Crippen LogP contribution in [-0.4, -0.2) is 48.2 Å². The Bertz CT molecular complexity index is 1180. The molecule has 0 spiro atoms. The van der Waals surface area contributed by atoms with E-state index in [1.165, 1.54) is 0 Å². The summed E-state index contributed by atoms with van der Waals surface area (Å²) < 4.78 is 60.9. The fourth-order valence-electron chi connectivity index (χ4n) is 3.95. The number of rotatable bonds is 10. The molecule has 35 heavy (non-hydrogen) atoms. The van der Waals surface area contributed by atoms with Gasteiger partial charge in [-0.3, -0.25) is 27.9 Å². The van der Waals surface area contributed by atoms with E-state index in [-0.39, 0.29) is 19.6 Å². The third-order valence-corrected chi connectivity index (χ3v) is 7.07. The Balaban J connectivity index is 1.34. The van der Waals surface area contributed by atoms with Crippen LogP contribution in [0.25, 0.3) is 0 Å². The Labute approximate surface area is 200 Å². The summed E-state index contributed by atoms with van der Waals surface area (Å²) in [5.74, 6) is -1.12. The van der Waals surface area contributed by atoms with E-state index in [2.05, 4.69) is 0 Å². The maximum atomic E-state index is 13.6. The van der Waals surface area contributed by atoms with Crippen molar-refractivity contribution >= 4 is 7.82 Å². The predicted molar refractivity (Wildman–Crippen MR) is 120 cm³/mol. The lowest BCUT2D eigenvalue weighted by molar-refractivity contribution is -0.140. The van der Waals surface area contributed by atoms with Gasteiger partial charge in [-0.25, -0.2) is 9.36 Å². The van der Waals surface area contributed by atoms with Crippen molar-refractivity contribution in [3.8, 4) is 0 Å². The Morgan fingerprint density at radius 1 is 1.23 bits per heavy atom. The molecule has 2 aliphatic rings. The number of phosphoric acid groups is 1. The Hall–Kier alpha value is -2.18. The lowest BCUT2D eigenvalue weighted by Crippen LogP contribution is -2.34. The molecular formula is C22H28FN2O9P. The van der Waals surface area contributed by atoms with Gasteiger partial charge in [-0.2, -0.15) is 4.39 Å². The number of nitrogens with zero attached hydrogens (tertiary/aromatic N) is 1. The first-order valence-corrected chi connectivity index (χ1v) is 12.8. The summed E-state index contributed by atoms with van der Waals surface area (Å²) >= 11 is 0. The largest absolute Gasteiger partial charge is 0.475 e. The molecule has 192 valence electrons. The van der Waals surface area contributed by atoms with Crippen LogP contribution in [0.15, 0.2) is 40.1 Å². The minimum Gasteiger partial charge on any atom is -0.349 e. The van der Waals surface area contributed by atoms with Crippen molar-refractivity contribution in [2.45, 2.75) is 51.4 Å². The molecule has 3 heterocycles. The van der Waals surface area contributed by atoms with Crippen molar-refractivity contribution in [2.24, 2.45) is 0 Å². The van der Waals surface area contributed by atoms with E-state index in [1.54, 1.807) is 0 Å². The van der Waals surface area contributed by atoms with Crippen molar-refractivity contribution in [1.82, 2.24) is 9.55 Å². The summed E-state index contributed by atoms with van der Waals surface area (Å²) in [6.07, 6.45) is -1.38. The fourth-order valence-corrected chi connectivity index (χ4v) is 5.34. The molecule has 2 aliphatic heterocycles. The molecule has 1 N–H and O–H groups in total. The number of H-pyrrole nitrogens is 1. The molecule has 2 saturated heterocycles.